The maximum atomic E-state index is 3.12. The molecular weight excluding hydrogens is 324 g/mol. The average Bonchev–Trinajstić information content (AvgIpc) is 2.44. The predicted molar refractivity (Wildman–Crippen MR) is 51.1 cm³/mol. The molecule has 67 valence electrons. The van der Waals surface area contributed by atoms with Crippen molar-refractivity contribution in [2.75, 3.05) is 0 Å². The topological polar surface area (TPSA) is 0 Å². The second-order valence-corrected chi connectivity index (χ2v) is 1.50. The van der Waals surface area contributed by atoms with Gasteiger partial charge in [-0.15, -0.1) is 17.9 Å². The molecule has 0 saturated heterocycles. The molecule has 1 rings (SSSR count). The van der Waals surface area contributed by atoms with Crippen LogP contribution in [-0.4, -0.2) is 0 Å². The molecule has 0 aliphatic heterocycles. The Labute approximate surface area is 88.7 Å². The van der Waals surface area contributed by atoms with E-state index in [0.29, 0.717) is 0 Å². The van der Waals surface area contributed by atoms with Gasteiger partial charge < -0.3 is 0 Å². The molecule has 0 amide bonds. The fraction of sp³-hybridized carbons (Fsp3) is 0.0909. The number of allylic oxidation sites excluding steroid dienone is 4. The first-order chi connectivity index (χ1) is 5.33. The third-order valence-corrected chi connectivity index (χ3v) is 0.586. The van der Waals surface area contributed by atoms with Crippen LogP contribution in [0, 0.1) is 6.08 Å². The fourth-order valence-corrected chi connectivity index (χ4v) is 0.340. The van der Waals surface area contributed by atoms with E-state index in [4.69, 9.17) is 0 Å². The summed E-state index contributed by atoms with van der Waals surface area (Å²) in [5.41, 5.74) is 4.50. The summed E-state index contributed by atoms with van der Waals surface area (Å²) < 4.78 is 0. The van der Waals surface area contributed by atoms with Gasteiger partial charge in [0.25, 0.3) is 0 Å². The van der Waals surface area contributed by atoms with Gasteiger partial charge in [0.15, 0.2) is 0 Å². The first-order valence-electron chi connectivity index (χ1n) is 3.13. The molecule has 0 aromatic carbocycles. The Morgan fingerprint density at radius 2 is 1.50 bits per heavy atom. The zero-order valence-corrected chi connectivity index (χ0v) is 9.50. The minimum absolute atomic E-state index is 0. The van der Waals surface area contributed by atoms with E-state index in [9.17, 15) is 0 Å². The Morgan fingerprint density at radius 1 is 1.08 bits per heavy atom. The van der Waals surface area contributed by atoms with Gasteiger partial charge in [0, 0.05) is 20.1 Å². The van der Waals surface area contributed by atoms with Crippen LogP contribution in [0.5, 0.6) is 0 Å². The van der Waals surface area contributed by atoms with Crippen LogP contribution in [0.15, 0.2) is 56.0 Å². The van der Waals surface area contributed by atoms with Crippen LogP contribution in [0.2, 0.25) is 0 Å². The van der Waals surface area contributed by atoms with Crippen LogP contribution < -0.4 is 0 Å². The molecule has 0 unspecified atom stereocenters. The summed E-state index contributed by atoms with van der Waals surface area (Å²) in [5.74, 6) is 0. The van der Waals surface area contributed by atoms with E-state index in [1.807, 2.05) is 12.2 Å². The molecule has 0 fully saturated rings. The number of hydrogen-bond acceptors (Lipinski definition) is 0. The normalized spacial score (nSPS) is 8.67. The van der Waals surface area contributed by atoms with Crippen molar-refractivity contribution in [1.82, 2.24) is 0 Å². The first kappa shape index (κ1) is 17.3. The molecule has 0 spiro atoms. The Morgan fingerprint density at radius 3 is 1.58 bits per heavy atom. The monoisotopic (exact) mass is 338 g/mol. The first-order valence-corrected chi connectivity index (χ1v) is 3.13. The third-order valence-electron chi connectivity index (χ3n) is 0.586. The minimum atomic E-state index is 0. The van der Waals surface area contributed by atoms with Crippen LogP contribution in [0.1, 0.15) is 6.42 Å². The molecule has 0 atom stereocenters. The maximum Gasteiger partial charge on any atom is 0 e. The summed E-state index contributed by atoms with van der Waals surface area (Å²) in [4.78, 5) is 0. The largest absolute Gasteiger partial charge is 0.273 e. The smallest absolute Gasteiger partial charge is 0 e. The molecule has 1 heteroatoms. The van der Waals surface area contributed by atoms with Crippen LogP contribution in [0.25, 0.3) is 0 Å². The van der Waals surface area contributed by atoms with E-state index in [1.54, 1.807) is 0 Å². The van der Waals surface area contributed by atoms with E-state index >= 15 is 0 Å². The summed E-state index contributed by atoms with van der Waals surface area (Å²) in [6.45, 7) is 12.5. The van der Waals surface area contributed by atoms with Gasteiger partial charge in [-0.25, -0.2) is 12.2 Å². The van der Waals surface area contributed by atoms with Crippen LogP contribution >= 0.6 is 0 Å². The molecule has 0 aromatic rings. The maximum absolute atomic E-state index is 3.12. The van der Waals surface area contributed by atoms with Crippen molar-refractivity contribution in [3.05, 3.63) is 62.1 Å². The predicted octanol–water partition coefficient (Wildman–Crippen LogP) is 3.22. The second-order valence-electron chi connectivity index (χ2n) is 1.50. The summed E-state index contributed by atoms with van der Waals surface area (Å²) in [7, 11) is 0. The minimum Gasteiger partial charge on any atom is -0.273 e. The molecule has 0 saturated carbocycles. The van der Waals surface area contributed by atoms with Crippen LogP contribution in [0.3, 0.4) is 0 Å². The molecule has 0 bridgehead atoms. The van der Waals surface area contributed by atoms with Gasteiger partial charge in [-0.2, -0.15) is 6.08 Å². The van der Waals surface area contributed by atoms with Gasteiger partial charge >= 0.3 is 0 Å². The van der Waals surface area contributed by atoms with Crippen molar-refractivity contribution in [1.29, 1.82) is 0 Å². The number of rotatable bonds is 0. The van der Waals surface area contributed by atoms with E-state index in [0.717, 1.165) is 6.42 Å². The van der Waals surface area contributed by atoms with E-state index in [1.165, 1.54) is 0 Å². The second kappa shape index (κ2) is 22.5. The van der Waals surface area contributed by atoms with Crippen molar-refractivity contribution in [2.45, 2.75) is 6.42 Å². The zero-order chi connectivity index (χ0) is 8.95. The zero-order valence-electron chi connectivity index (χ0n) is 7.10. The van der Waals surface area contributed by atoms with Gasteiger partial charge in [-0.3, -0.25) is 6.08 Å². The van der Waals surface area contributed by atoms with Crippen molar-refractivity contribution in [3.63, 3.8) is 0 Å². The van der Waals surface area contributed by atoms with Crippen molar-refractivity contribution < 1.29 is 20.1 Å². The van der Waals surface area contributed by atoms with Gasteiger partial charge in [-0.05, 0) is 0 Å². The Balaban J connectivity index is -0.000000104. The van der Waals surface area contributed by atoms with E-state index < -0.39 is 0 Å². The van der Waals surface area contributed by atoms with Crippen LogP contribution in [0.4, 0.5) is 0 Å². The van der Waals surface area contributed by atoms with Gasteiger partial charge in [-0.1, -0.05) is 26.3 Å². The molecule has 1 aliphatic rings. The molecule has 0 aromatic heterocycles. The van der Waals surface area contributed by atoms with Crippen molar-refractivity contribution >= 4 is 0 Å². The van der Waals surface area contributed by atoms with Gasteiger partial charge in [0.05, 0.1) is 0 Å². The quantitative estimate of drug-likeness (QED) is 0.470. The molecule has 0 nitrogen and oxygen atoms in total. The summed E-state index contributed by atoms with van der Waals surface area (Å²) >= 11 is 0. The standard InChI is InChI=1S/C5H5.2C3H4.Ir/c1-2-4-5-3-1;2*1-3-2;/h1-3H,4H2;2*1-2H2;/q-1;;;. The summed E-state index contributed by atoms with van der Waals surface area (Å²) in [6.07, 6.45) is 10.0. The molecule has 0 heterocycles. The molecule has 1 radical (unpaired) electrons. The van der Waals surface area contributed by atoms with Crippen molar-refractivity contribution in [2.24, 2.45) is 0 Å². The summed E-state index contributed by atoms with van der Waals surface area (Å²) in [5, 5.41) is 0. The van der Waals surface area contributed by atoms with Crippen LogP contribution in [-0.2, 0) is 20.1 Å². The van der Waals surface area contributed by atoms with Crippen molar-refractivity contribution in [3.8, 4) is 0 Å². The van der Waals surface area contributed by atoms with Gasteiger partial charge in [0.2, 0.25) is 0 Å². The van der Waals surface area contributed by atoms with E-state index in [-0.39, 0.29) is 20.1 Å². The Hall–Kier alpha value is -0.831. The Bertz CT molecular complexity index is 163. The Kier molecular flexibility index (Phi) is 32.4. The van der Waals surface area contributed by atoms with E-state index in [2.05, 4.69) is 49.9 Å². The summed E-state index contributed by atoms with van der Waals surface area (Å²) in [6, 6.07) is 0. The average molecular weight is 337 g/mol. The molecular formula is C11H13Ir-. The SMILES string of the molecule is C=C=C.C=C=C.[C-]1=CC=CC1.[Ir]. The molecule has 0 N–H and O–H groups in total. The molecule has 12 heavy (non-hydrogen) atoms. The third kappa shape index (κ3) is 35.2. The van der Waals surface area contributed by atoms with Gasteiger partial charge in [0.1, 0.15) is 0 Å². The molecule has 1 aliphatic carbocycles. The fourth-order valence-electron chi connectivity index (χ4n) is 0.340. The number of hydrogen-bond donors (Lipinski definition) is 0.